The van der Waals surface area contributed by atoms with Gasteiger partial charge < -0.3 is 15.8 Å². The molecule has 4 saturated carbocycles. The number of nitrogens with two attached hydrogens (primary N) is 1. The zero-order valence-electron chi connectivity index (χ0n) is 22.8. The molecule has 0 radical (unpaired) electrons. The molecule has 4 aliphatic rings. The lowest BCUT2D eigenvalue weighted by Crippen LogP contribution is -2.55. The smallest absolute Gasteiger partial charge is 0.329 e. The highest BCUT2D eigenvalue weighted by Gasteiger charge is 2.61. The van der Waals surface area contributed by atoms with E-state index in [1.807, 2.05) is 13.8 Å². The maximum Gasteiger partial charge on any atom is 0.329 e. The van der Waals surface area contributed by atoms with Gasteiger partial charge in [0.25, 0.3) is 0 Å². The lowest BCUT2D eigenvalue weighted by atomic mass is 9.44. The van der Waals surface area contributed by atoms with Crippen LogP contribution >= 0.6 is 0 Å². The molecule has 0 aromatic carbocycles. The van der Waals surface area contributed by atoms with Crippen LogP contribution in [0.5, 0.6) is 0 Å². The van der Waals surface area contributed by atoms with E-state index < -0.39 is 12.1 Å². The first-order chi connectivity index (χ1) is 16.4. The van der Waals surface area contributed by atoms with Gasteiger partial charge in [0.2, 0.25) is 5.91 Å². The fraction of sp³-hybridized carbons (Fsp3) is 0.897. The Labute approximate surface area is 211 Å². The van der Waals surface area contributed by atoms with Gasteiger partial charge in [-0.3, -0.25) is 9.59 Å². The van der Waals surface area contributed by atoms with Gasteiger partial charge in [0.15, 0.2) is 0 Å². The van der Waals surface area contributed by atoms with Gasteiger partial charge in [0, 0.05) is 5.92 Å². The SMILES string of the molecule is CC(=O)[C@H]1CC[C@H]2[C@@H]3CC[C@H]4C[C@H](OC(=O)[C@@H](NC(=O)[C@H](C)N)C(C)C)CC[C@]4(C)[C@H]3CC[C@]12C. The van der Waals surface area contributed by atoms with E-state index in [4.69, 9.17) is 10.5 Å². The molecule has 198 valence electrons. The number of rotatable bonds is 6. The fourth-order valence-corrected chi connectivity index (χ4v) is 9.01. The Morgan fingerprint density at radius 3 is 2.20 bits per heavy atom. The average molecular weight is 489 g/mol. The third-order valence-electron chi connectivity index (χ3n) is 11.0. The molecular formula is C29H48N2O4. The minimum atomic E-state index is -0.662. The number of ketones is 1. The van der Waals surface area contributed by atoms with Crippen LogP contribution in [0.1, 0.15) is 99.3 Å². The van der Waals surface area contributed by atoms with E-state index in [0.717, 1.165) is 37.5 Å². The Morgan fingerprint density at radius 1 is 0.914 bits per heavy atom. The summed E-state index contributed by atoms with van der Waals surface area (Å²) in [7, 11) is 0. The Morgan fingerprint density at radius 2 is 1.57 bits per heavy atom. The number of esters is 1. The third-order valence-corrected chi connectivity index (χ3v) is 11.0. The molecule has 3 N–H and O–H groups in total. The van der Waals surface area contributed by atoms with Crippen molar-refractivity contribution in [2.75, 3.05) is 0 Å². The van der Waals surface area contributed by atoms with Gasteiger partial charge in [-0.05, 0) is 112 Å². The molecule has 0 aliphatic heterocycles. The van der Waals surface area contributed by atoms with Crippen LogP contribution in [0.15, 0.2) is 0 Å². The van der Waals surface area contributed by atoms with E-state index in [1.165, 1.54) is 32.1 Å². The Balaban J connectivity index is 1.41. The fourth-order valence-electron chi connectivity index (χ4n) is 9.01. The highest BCUT2D eigenvalue weighted by atomic mass is 16.5. The van der Waals surface area contributed by atoms with Crippen LogP contribution in [-0.4, -0.2) is 35.8 Å². The van der Waals surface area contributed by atoms with Crippen molar-refractivity contribution in [3.8, 4) is 0 Å². The average Bonchev–Trinajstić information content (AvgIpc) is 3.14. The summed E-state index contributed by atoms with van der Waals surface area (Å²) in [6, 6.07) is -1.32. The summed E-state index contributed by atoms with van der Waals surface area (Å²) in [5, 5.41) is 2.78. The minimum Gasteiger partial charge on any atom is -0.461 e. The molecule has 0 unspecified atom stereocenters. The first-order valence-electron chi connectivity index (χ1n) is 14.2. The standard InChI is InChI=1S/C29H48N2O4/c1-16(2)25(31-26(33)17(3)30)27(34)35-20-11-13-28(5)19(15-20)7-8-21-23-10-9-22(18(4)32)29(23,6)14-12-24(21)28/h16-17,19-25H,7-15,30H2,1-6H3,(H,31,33)/t17-,19-,20+,21-,22+,23-,24-,25-,28-,29+/m0/s1. The second-order valence-corrected chi connectivity index (χ2v) is 13.3. The molecule has 4 rings (SSSR count). The van der Waals surface area contributed by atoms with Gasteiger partial charge in [-0.15, -0.1) is 0 Å². The van der Waals surface area contributed by atoms with E-state index in [0.29, 0.717) is 23.0 Å². The van der Waals surface area contributed by atoms with E-state index in [2.05, 4.69) is 19.2 Å². The summed E-state index contributed by atoms with van der Waals surface area (Å²) in [6.07, 6.45) is 9.98. The molecular weight excluding hydrogens is 440 g/mol. The number of ether oxygens (including phenoxy) is 1. The molecule has 4 aliphatic carbocycles. The van der Waals surface area contributed by atoms with Gasteiger partial charge >= 0.3 is 5.97 Å². The van der Waals surface area contributed by atoms with Gasteiger partial charge in [0.1, 0.15) is 17.9 Å². The quantitative estimate of drug-likeness (QED) is 0.531. The summed E-state index contributed by atoms with van der Waals surface area (Å²) >= 11 is 0. The van der Waals surface area contributed by atoms with Gasteiger partial charge in [0.05, 0.1) is 6.04 Å². The normalized spacial score (nSPS) is 42.3. The summed E-state index contributed by atoms with van der Waals surface area (Å²) in [5.74, 6) is 2.65. The van der Waals surface area contributed by atoms with Gasteiger partial charge in [-0.1, -0.05) is 27.7 Å². The maximum atomic E-state index is 13.0. The van der Waals surface area contributed by atoms with Crippen molar-refractivity contribution in [3.63, 3.8) is 0 Å². The first kappa shape index (κ1) is 26.6. The number of carbonyl (C=O) groups is 3. The molecule has 35 heavy (non-hydrogen) atoms. The van der Waals surface area contributed by atoms with Crippen LogP contribution < -0.4 is 11.1 Å². The van der Waals surface area contributed by atoms with E-state index in [9.17, 15) is 14.4 Å². The number of hydrogen-bond acceptors (Lipinski definition) is 5. The number of hydrogen-bond donors (Lipinski definition) is 2. The lowest BCUT2D eigenvalue weighted by molar-refractivity contribution is -0.166. The summed E-state index contributed by atoms with van der Waals surface area (Å²) in [4.78, 5) is 37.5. The van der Waals surface area contributed by atoms with Crippen molar-refractivity contribution in [2.45, 2.75) is 118 Å². The summed E-state index contributed by atoms with van der Waals surface area (Å²) in [5.41, 5.74) is 6.18. The highest BCUT2D eigenvalue weighted by Crippen LogP contribution is 2.67. The zero-order chi connectivity index (χ0) is 25.7. The molecule has 1 amide bonds. The van der Waals surface area contributed by atoms with Crippen LogP contribution in [0, 0.1) is 46.3 Å². The van der Waals surface area contributed by atoms with Crippen molar-refractivity contribution in [3.05, 3.63) is 0 Å². The Hall–Kier alpha value is -1.43. The van der Waals surface area contributed by atoms with Crippen LogP contribution in [0.4, 0.5) is 0 Å². The number of amides is 1. The van der Waals surface area contributed by atoms with Crippen molar-refractivity contribution >= 4 is 17.7 Å². The van der Waals surface area contributed by atoms with Crippen molar-refractivity contribution < 1.29 is 19.1 Å². The second kappa shape index (κ2) is 9.79. The molecule has 0 bridgehead atoms. The van der Waals surface area contributed by atoms with Crippen molar-refractivity contribution in [1.82, 2.24) is 5.32 Å². The van der Waals surface area contributed by atoms with Crippen LogP contribution in [0.2, 0.25) is 0 Å². The predicted octanol–water partition coefficient (Wildman–Crippen LogP) is 4.63. The lowest BCUT2D eigenvalue weighted by Gasteiger charge is -2.61. The molecule has 0 saturated heterocycles. The predicted molar refractivity (Wildman–Crippen MR) is 136 cm³/mol. The third kappa shape index (κ3) is 4.69. The van der Waals surface area contributed by atoms with E-state index >= 15 is 0 Å². The largest absolute Gasteiger partial charge is 0.461 e. The van der Waals surface area contributed by atoms with Gasteiger partial charge in [-0.2, -0.15) is 0 Å². The van der Waals surface area contributed by atoms with E-state index in [-0.39, 0.29) is 35.2 Å². The molecule has 0 aromatic heterocycles. The maximum absolute atomic E-state index is 13.0. The number of fused-ring (bicyclic) bond motifs is 5. The van der Waals surface area contributed by atoms with Crippen molar-refractivity contribution in [2.24, 2.45) is 52.1 Å². The Kier molecular flexibility index (Phi) is 7.45. The van der Waals surface area contributed by atoms with Gasteiger partial charge in [-0.25, -0.2) is 4.79 Å². The summed E-state index contributed by atoms with van der Waals surface area (Å²) in [6.45, 7) is 12.2. The first-order valence-corrected chi connectivity index (χ1v) is 14.2. The second-order valence-electron chi connectivity index (χ2n) is 13.3. The monoisotopic (exact) mass is 488 g/mol. The van der Waals surface area contributed by atoms with Crippen LogP contribution in [-0.2, 0) is 19.1 Å². The van der Waals surface area contributed by atoms with Crippen LogP contribution in [0.25, 0.3) is 0 Å². The highest BCUT2D eigenvalue weighted by molar-refractivity contribution is 5.87. The van der Waals surface area contributed by atoms with Crippen molar-refractivity contribution in [1.29, 1.82) is 0 Å². The number of Topliss-reactive ketones (excluding diaryl/α,β-unsaturated/α-hetero) is 1. The molecule has 0 aromatic rings. The Bertz CT molecular complexity index is 841. The molecule has 0 spiro atoms. The number of carbonyl (C=O) groups excluding carboxylic acids is 3. The summed E-state index contributed by atoms with van der Waals surface area (Å²) < 4.78 is 6.02. The molecule has 10 atom stereocenters. The van der Waals surface area contributed by atoms with Crippen LogP contribution in [0.3, 0.4) is 0 Å². The molecule has 6 nitrogen and oxygen atoms in total. The zero-order valence-corrected chi connectivity index (χ0v) is 22.8. The van der Waals surface area contributed by atoms with E-state index in [1.54, 1.807) is 13.8 Å². The number of nitrogens with one attached hydrogen (secondary N) is 1. The molecule has 6 heteroatoms. The topological polar surface area (TPSA) is 98.5 Å². The molecule has 0 heterocycles. The minimum absolute atomic E-state index is 0.0590. The molecule has 4 fully saturated rings.